The molecule has 0 spiro atoms. The second-order valence-corrected chi connectivity index (χ2v) is 8.11. The Hall–Kier alpha value is -1.48. The molecule has 1 aromatic carbocycles. The number of nitrogens with zero attached hydrogens (tertiary/aromatic N) is 4. The van der Waals surface area contributed by atoms with Crippen LogP contribution in [0.3, 0.4) is 0 Å². The highest BCUT2D eigenvalue weighted by molar-refractivity contribution is 7.89. The molecule has 2 aromatic rings. The predicted molar refractivity (Wildman–Crippen MR) is 88.7 cm³/mol. The van der Waals surface area contributed by atoms with Crippen LogP contribution in [0.2, 0.25) is 5.02 Å². The summed E-state index contributed by atoms with van der Waals surface area (Å²) in [6.07, 6.45) is 2.86. The van der Waals surface area contributed by atoms with E-state index >= 15 is 0 Å². The van der Waals surface area contributed by atoms with Crippen molar-refractivity contribution in [3.05, 3.63) is 47.0 Å². The first-order valence-corrected chi connectivity index (χ1v) is 9.33. The molecule has 0 bridgehead atoms. The molecular formula is C15H18ClFN4O2S. The summed E-state index contributed by atoms with van der Waals surface area (Å²) in [5, 5.41) is 4.31. The zero-order valence-corrected chi connectivity index (χ0v) is 14.8. The van der Waals surface area contributed by atoms with Crippen molar-refractivity contribution in [2.45, 2.75) is 11.4 Å². The fourth-order valence-corrected chi connectivity index (χ4v) is 4.34. The van der Waals surface area contributed by atoms with Gasteiger partial charge in [0.15, 0.2) is 0 Å². The molecule has 2 heterocycles. The van der Waals surface area contributed by atoms with Crippen molar-refractivity contribution in [3.8, 4) is 0 Å². The highest BCUT2D eigenvalue weighted by Crippen LogP contribution is 2.21. The Morgan fingerprint density at radius 2 is 1.96 bits per heavy atom. The van der Waals surface area contributed by atoms with E-state index in [-0.39, 0.29) is 10.7 Å². The van der Waals surface area contributed by atoms with Crippen LogP contribution in [0.25, 0.3) is 0 Å². The summed E-state index contributed by atoms with van der Waals surface area (Å²) < 4.78 is 41.1. The van der Waals surface area contributed by atoms with E-state index < -0.39 is 10.0 Å². The first kappa shape index (κ1) is 17.3. The lowest BCUT2D eigenvalue weighted by Crippen LogP contribution is -2.48. The third-order valence-electron chi connectivity index (χ3n) is 4.06. The number of benzene rings is 1. The van der Waals surface area contributed by atoms with Gasteiger partial charge < -0.3 is 0 Å². The SMILES string of the molecule is Cn1cc(S(=O)(=O)N2CCN(Cc3ccc(F)cc3Cl)CC2)cn1. The summed E-state index contributed by atoms with van der Waals surface area (Å²) in [7, 11) is -1.82. The highest BCUT2D eigenvalue weighted by Gasteiger charge is 2.29. The van der Waals surface area contributed by atoms with E-state index in [2.05, 4.69) is 10.00 Å². The Balaban J connectivity index is 1.63. The molecule has 0 saturated carbocycles. The normalized spacial score (nSPS) is 17.3. The molecule has 1 aromatic heterocycles. The summed E-state index contributed by atoms with van der Waals surface area (Å²) in [6.45, 7) is 2.55. The molecule has 1 saturated heterocycles. The lowest BCUT2D eigenvalue weighted by Gasteiger charge is -2.33. The minimum atomic E-state index is -3.50. The van der Waals surface area contributed by atoms with Gasteiger partial charge in [-0.25, -0.2) is 12.8 Å². The number of hydrogen-bond acceptors (Lipinski definition) is 4. The van der Waals surface area contributed by atoms with Crippen molar-refractivity contribution in [2.75, 3.05) is 26.2 Å². The van der Waals surface area contributed by atoms with Gasteiger partial charge in [-0.2, -0.15) is 9.40 Å². The van der Waals surface area contributed by atoms with Crippen LogP contribution < -0.4 is 0 Å². The van der Waals surface area contributed by atoms with E-state index in [1.807, 2.05) is 0 Å². The van der Waals surface area contributed by atoms with Crippen molar-refractivity contribution in [1.82, 2.24) is 19.0 Å². The van der Waals surface area contributed by atoms with Crippen LogP contribution in [0.15, 0.2) is 35.5 Å². The maximum Gasteiger partial charge on any atom is 0.246 e. The van der Waals surface area contributed by atoms with E-state index in [0.29, 0.717) is 37.7 Å². The Bertz CT molecular complexity index is 832. The lowest BCUT2D eigenvalue weighted by molar-refractivity contribution is 0.181. The standard InChI is InChI=1S/C15H18ClFN4O2S/c1-19-11-14(9-18-19)24(22,23)21-6-4-20(5-7-21)10-12-2-3-13(17)8-15(12)16/h2-3,8-9,11H,4-7,10H2,1H3. The van der Waals surface area contributed by atoms with Crippen LogP contribution in [0.1, 0.15) is 5.56 Å². The van der Waals surface area contributed by atoms with Crippen molar-refractivity contribution in [3.63, 3.8) is 0 Å². The van der Waals surface area contributed by atoms with Gasteiger partial charge in [0.2, 0.25) is 10.0 Å². The minimum Gasteiger partial charge on any atom is -0.296 e. The monoisotopic (exact) mass is 372 g/mol. The van der Waals surface area contributed by atoms with Gasteiger partial charge in [0.1, 0.15) is 10.7 Å². The maximum atomic E-state index is 13.1. The molecule has 130 valence electrons. The molecule has 0 radical (unpaired) electrons. The molecule has 0 N–H and O–H groups in total. The molecule has 1 aliphatic heterocycles. The molecule has 0 unspecified atom stereocenters. The van der Waals surface area contributed by atoms with Gasteiger partial charge in [0.25, 0.3) is 0 Å². The summed E-state index contributed by atoms with van der Waals surface area (Å²) in [5.74, 6) is -0.365. The van der Waals surface area contributed by atoms with Crippen molar-refractivity contribution in [2.24, 2.45) is 7.05 Å². The molecule has 3 rings (SSSR count). The lowest BCUT2D eigenvalue weighted by atomic mass is 10.2. The van der Waals surface area contributed by atoms with E-state index in [4.69, 9.17) is 11.6 Å². The average molecular weight is 373 g/mol. The predicted octanol–water partition coefficient (Wildman–Crippen LogP) is 1.72. The highest BCUT2D eigenvalue weighted by atomic mass is 35.5. The topological polar surface area (TPSA) is 58.4 Å². The number of piperazine rings is 1. The molecule has 1 aliphatic rings. The Morgan fingerprint density at radius 3 is 2.54 bits per heavy atom. The third kappa shape index (κ3) is 3.61. The molecular weight excluding hydrogens is 355 g/mol. The van der Waals surface area contributed by atoms with E-state index in [9.17, 15) is 12.8 Å². The first-order chi connectivity index (χ1) is 11.4. The zero-order chi connectivity index (χ0) is 17.3. The third-order valence-corrected chi connectivity index (χ3v) is 6.26. The van der Waals surface area contributed by atoms with Crippen molar-refractivity contribution in [1.29, 1.82) is 0 Å². The van der Waals surface area contributed by atoms with Gasteiger partial charge in [-0.3, -0.25) is 9.58 Å². The summed E-state index contributed by atoms with van der Waals surface area (Å²) in [4.78, 5) is 2.31. The van der Waals surface area contributed by atoms with Crippen LogP contribution in [0.5, 0.6) is 0 Å². The number of hydrogen-bond donors (Lipinski definition) is 0. The van der Waals surface area contributed by atoms with Crippen LogP contribution in [-0.2, 0) is 23.6 Å². The first-order valence-electron chi connectivity index (χ1n) is 7.51. The molecule has 24 heavy (non-hydrogen) atoms. The number of aryl methyl sites for hydroxylation is 1. The smallest absolute Gasteiger partial charge is 0.246 e. The maximum absolute atomic E-state index is 13.1. The van der Waals surface area contributed by atoms with E-state index in [0.717, 1.165) is 5.56 Å². The van der Waals surface area contributed by atoms with Gasteiger partial charge in [0, 0.05) is 51.0 Å². The zero-order valence-electron chi connectivity index (χ0n) is 13.2. The minimum absolute atomic E-state index is 0.208. The number of sulfonamides is 1. The average Bonchev–Trinajstić information content (AvgIpc) is 2.98. The van der Waals surface area contributed by atoms with Gasteiger partial charge in [-0.05, 0) is 17.7 Å². The van der Waals surface area contributed by atoms with E-state index in [1.165, 1.54) is 33.5 Å². The quantitative estimate of drug-likeness (QED) is 0.820. The molecule has 6 nitrogen and oxygen atoms in total. The number of rotatable bonds is 4. The summed E-state index contributed by atoms with van der Waals surface area (Å²) >= 11 is 6.05. The molecule has 0 amide bonds. The van der Waals surface area contributed by atoms with Gasteiger partial charge in [-0.1, -0.05) is 17.7 Å². The Labute approximate surface area is 145 Å². The summed E-state index contributed by atoms with van der Waals surface area (Å²) in [6, 6.07) is 4.33. The summed E-state index contributed by atoms with van der Waals surface area (Å²) in [5.41, 5.74) is 0.835. The molecule has 1 fully saturated rings. The largest absolute Gasteiger partial charge is 0.296 e. The second-order valence-electron chi connectivity index (χ2n) is 5.77. The fourth-order valence-electron chi connectivity index (χ4n) is 2.70. The van der Waals surface area contributed by atoms with E-state index in [1.54, 1.807) is 13.1 Å². The van der Waals surface area contributed by atoms with Crippen molar-refractivity contribution < 1.29 is 12.8 Å². The number of halogens is 2. The van der Waals surface area contributed by atoms with Crippen molar-refractivity contribution >= 4 is 21.6 Å². The molecule has 9 heteroatoms. The van der Waals surface area contributed by atoms with Gasteiger partial charge in [-0.15, -0.1) is 0 Å². The van der Waals surface area contributed by atoms with Crippen LogP contribution in [-0.4, -0.2) is 53.6 Å². The Morgan fingerprint density at radius 1 is 1.25 bits per heavy atom. The fraction of sp³-hybridized carbons (Fsp3) is 0.400. The molecule has 0 atom stereocenters. The van der Waals surface area contributed by atoms with Crippen LogP contribution in [0, 0.1) is 5.82 Å². The van der Waals surface area contributed by atoms with Crippen LogP contribution >= 0.6 is 11.6 Å². The Kier molecular flexibility index (Phi) is 4.91. The van der Waals surface area contributed by atoms with Gasteiger partial charge >= 0.3 is 0 Å². The van der Waals surface area contributed by atoms with Crippen LogP contribution in [0.4, 0.5) is 4.39 Å². The molecule has 0 aliphatic carbocycles. The van der Waals surface area contributed by atoms with Gasteiger partial charge in [0.05, 0.1) is 6.20 Å². The number of aromatic nitrogens is 2. The second kappa shape index (κ2) is 6.79.